The quantitative estimate of drug-likeness (QED) is 0.821. The maximum absolute atomic E-state index is 3.51. The summed E-state index contributed by atoms with van der Waals surface area (Å²) < 4.78 is 2.31. The first-order valence-corrected chi connectivity index (χ1v) is 6.01. The Kier molecular flexibility index (Phi) is 4.91. The monoisotopic (exact) mass is 339 g/mol. The molecule has 1 heterocycles. The molecule has 1 fully saturated rings. The Morgan fingerprint density at radius 1 is 1.14 bits per heavy atom. The fourth-order valence-electron chi connectivity index (χ4n) is 1.75. The van der Waals surface area contributed by atoms with Crippen molar-refractivity contribution >= 4 is 44.3 Å². The Labute approximate surface area is 107 Å². The minimum absolute atomic E-state index is 0. The van der Waals surface area contributed by atoms with Crippen molar-refractivity contribution < 1.29 is 0 Å². The van der Waals surface area contributed by atoms with Crippen molar-refractivity contribution in [1.29, 1.82) is 0 Å². The highest BCUT2D eigenvalue weighted by atomic mass is 79.9. The molecule has 1 aromatic carbocycles. The molecule has 1 saturated heterocycles. The fraction of sp³-hybridized carbons (Fsp3) is 0.400. The summed E-state index contributed by atoms with van der Waals surface area (Å²) in [6, 6.07) is 6.50. The highest BCUT2D eigenvalue weighted by Gasteiger charge is 2.16. The highest BCUT2D eigenvalue weighted by Crippen LogP contribution is 2.28. The number of halogens is 3. The molecule has 0 amide bonds. The number of hydrogen-bond donors (Lipinski definition) is 1. The molecule has 1 aliphatic rings. The summed E-state index contributed by atoms with van der Waals surface area (Å²) in [5, 5.41) is 3.38. The topological polar surface area (TPSA) is 12.0 Å². The summed E-state index contributed by atoms with van der Waals surface area (Å²) in [5.74, 6) is 0.689. The molecule has 0 aliphatic carbocycles. The van der Waals surface area contributed by atoms with Crippen LogP contribution >= 0.6 is 44.3 Å². The Morgan fingerprint density at radius 2 is 1.79 bits per heavy atom. The van der Waals surface area contributed by atoms with E-state index in [-0.39, 0.29) is 12.4 Å². The van der Waals surface area contributed by atoms with Gasteiger partial charge in [0.15, 0.2) is 0 Å². The van der Waals surface area contributed by atoms with E-state index in [1.807, 2.05) is 0 Å². The van der Waals surface area contributed by atoms with Gasteiger partial charge < -0.3 is 5.32 Å². The van der Waals surface area contributed by atoms with Gasteiger partial charge in [-0.15, -0.1) is 12.4 Å². The van der Waals surface area contributed by atoms with Crippen molar-refractivity contribution in [3.63, 3.8) is 0 Å². The van der Waals surface area contributed by atoms with Crippen LogP contribution in [0.15, 0.2) is 27.1 Å². The molecule has 1 aliphatic heterocycles. The van der Waals surface area contributed by atoms with Crippen LogP contribution in [0.3, 0.4) is 0 Å². The van der Waals surface area contributed by atoms with Crippen LogP contribution in [0.1, 0.15) is 17.9 Å². The zero-order chi connectivity index (χ0) is 9.26. The number of nitrogens with one attached hydrogen (secondary N) is 1. The number of hydrogen-bond acceptors (Lipinski definition) is 1. The molecule has 1 N–H and O–H groups in total. The van der Waals surface area contributed by atoms with Gasteiger partial charge in [-0.1, -0.05) is 31.9 Å². The first kappa shape index (κ1) is 12.5. The predicted octanol–water partition coefficient (Wildman–Crippen LogP) is 3.71. The van der Waals surface area contributed by atoms with Gasteiger partial charge in [0.05, 0.1) is 0 Å². The maximum atomic E-state index is 3.51. The van der Waals surface area contributed by atoms with Gasteiger partial charge in [0, 0.05) is 15.5 Å². The lowest BCUT2D eigenvalue weighted by molar-refractivity contribution is 0.762. The van der Waals surface area contributed by atoms with Gasteiger partial charge in [-0.2, -0.15) is 0 Å². The van der Waals surface area contributed by atoms with E-state index in [1.54, 1.807) is 0 Å². The fourth-order valence-corrected chi connectivity index (χ4v) is 3.08. The molecule has 0 aromatic heterocycles. The van der Waals surface area contributed by atoms with Gasteiger partial charge in [0.1, 0.15) is 0 Å². The maximum Gasteiger partial charge on any atom is 0.0189 e. The average molecular weight is 341 g/mol. The molecule has 1 nitrogen and oxygen atoms in total. The molecule has 1 unspecified atom stereocenters. The van der Waals surface area contributed by atoms with E-state index in [0.717, 1.165) is 22.0 Å². The zero-order valence-electron chi connectivity index (χ0n) is 7.59. The second kappa shape index (κ2) is 5.50. The Bertz CT molecular complexity index is 291. The molecule has 14 heavy (non-hydrogen) atoms. The minimum Gasteiger partial charge on any atom is -0.316 e. The largest absolute Gasteiger partial charge is 0.316 e. The van der Waals surface area contributed by atoms with Gasteiger partial charge in [0.25, 0.3) is 0 Å². The van der Waals surface area contributed by atoms with Crippen molar-refractivity contribution in [2.45, 2.75) is 12.3 Å². The molecule has 0 bridgehead atoms. The summed E-state index contributed by atoms with van der Waals surface area (Å²) >= 11 is 7.02. The Morgan fingerprint density at radius 3 is 2.29 bits per heavy atom. The van der Waals surface area contributed by atoms with E-state index in [9.17, 15) is 0 Å². The van der Waals surface area contributed by atoms with Crippen LogP contribution in [0.4, 0.5) is 0 Å². The molecule has 1 aromatic rings. The second-order valence-corrected chi connectivity index (χ2v) is 5.22. The van der Waals surface area contributed by atoms with E-state index in [2.05, 4.69) is 55.4 Å². The first-order chi connectivity index (χ1) is 6.25. The third-order valence-corrected chi connectivity index (χ3v) is 3.33. The van der Waals surface area contributed by atoms with Gasteiger partial charge >= 0.3 is 0 Å². The highest BCUT2D eigenvalue weighted by molar-refractivity contribution is 9.11. The van der Waals surface area contributed by atoms with Crippen LogP contribution in [-0.4, -0.2) is 13.1 Å². The number of rotatable bonds is 1. The van der Waals surface area contributed by atoms with Crippen LogP contribution < -0.4 is 5.32 Å². The van der Waals surface area contributed by atoms with Crippen molar-refractivity contribution in [1.82, 2.24) is 5.32 Å². The van der Waals surface area contributed by atoms with E-state index in [4.69, 9.17) is 0 Å². The molecule has 4 heteroatoms. The minimum atomic E-state index is 0. The lowest BCUT2D eigenvalue weighted by Crippen LogP contribution is -2.07. The summed E-state index contributed by atoms with van der Waals surface area (Å²) in [4.78, 5) is 0. The molecule has 0 spiro atoms. The Balaban J connectivity index is 0.000000980. The van der Waals surface area contributed by atoms with E-state index in [0.29, 0.717) is 5.92 Å². The van der Waals surface area contributed by atoms with Gasteiger partial charge in [-0.05, 0) is 42.6 Å². The molecule has 0 radical (unpaired) electrons. The lowest BCUT2D eigenvalue weighted by Gasteiger charge is -2.09. The van der Waals surface area contributed by atoms with Crippen LogP contribution in [0, 0.1) is 0 Å². The SMILES string of the molecule is Brc1cc(Br)cc(C2CCNC2)c1.Cl. The average Bonchev–Trinajstić information content (AvgIpc) is 2.53. The second-order valence-electron chi connectivity index (χ2n) is 3.39. The molecule has 0 saturated carbocycles. The normalized spacial score (nSPS) is 20.6. The van der Waals surface area contributed by atoms with Crippen molar-refractivity contribution in [3.8, 4) is 0 Å². The van der Waals surface area contributed by atoms with Crippen LogP contribution in [0.5, 0.6) is 0 Å². The van der Waals surface area contributed by atoms with Crippen LogP contribution in [0.25, 0.3) is 0 Å². The lowest BCUT2D eigenvalue weighted by atomic mass is 9.99. The van der Waals surface area contributed by atoms with E-state index in [1.165, 1.54) is 12.0 Å². The van der Waals surface area contributed by atoms with Crippen LogP contribution in [0.2, 0.25) is 0 Å². The van der Waals surface area contributed by atoms with Gasteiger partial charge in [0.2, 0.25) is 0 Å². The first-order valence-electron chi connectivity index (χ1n) is 4.42. The molecule has 78 valence electrons. The van der Waals surface area contributed by atoms with Crippen molar-refractivity contribution in [2.24, 2.45) is 0 Å². The Hall–Kier alpha value is 0.430. The smallest absolute Gasteiger partial charge is 0.0189 e. The van der Waals surface area contributed by atoms with Crippen LogP contribution in [-0.2, 0) is 0 Å². The molecular formula is C10H12Br2ClN. The predicted molar refractivity (Wildman–Crippen MR) is 69.3 cm³/mol. The van der Waals surface area contributed by atoms with E-state index >= 15 is 0 Å². The summed E-state index contributed by atoms with van der Waals surface area (Å²) in [5.41, 5.74) is 1.42. The molecule has 1 atom stereocenters. The summed E-state index contributed by atoms with van der Waals surface area (Å²) in [6.07, 6.45) is 1.25. The van der Waals surface area contributed by atoms with Crippen molar-refractivity contribution in [3.05, 3.63) is 32.7 Å². The zero-order valence-corrected chi connectivity index (χ0v) is 11.6. The van der Waals surface area contributed by atoms with Gasteiger partial charge in [-0.3, -0.25) is 0 Å². The standard InChI is InChI=1S/C10H11Br2N.ClH/c11-9-3-8(4-10(12)5-9)7-1-2-13-6-7;/h3-5,7,13H,1-2,6H2;1H. The molecular weight excluding hydrogens is 329 g/mol. The number of benzene rings is 1. The van der Waals surface area contributed by atoms with Gasteiger partial charge in [-0.25, -0.2) is 0 Å². The molecule has 2 rings (SSSR count). The summed E-state index contributed by atoms with van der Waals surface area (Å²) in [7, 11) is 0. The third kappa shape index (κ3) is 2.96. The van der Waals surface area contributed by atoms with E-state index < -0.39 is 0 Å². The summed E-state index contributed by atoms with van der Waals surface area (Å²) in [6.45, 7) is 2.26. The third-order valence-electron chi connectivity index (χ3n) is 2.42. The van der Waals surface area contributed by atoms with Crippen molar-refractivity contribution in [2.75, 3.05) is 13.1 Å².